The first kappa shape index (κ1) is 30.5. The number of rotatable bonds is 4. The molecule has 23 heavy (non-hydrogen) atoms. The maximum Gasteiger partial charge on any atom is 0 e. The summed E-state index contributed by atoms with van der Waals surface area (Å²) < 4.78 is 24.2. The van der Waals surface area contributed by atoms with Gasteiger partial charge in [-0.3, -0.25) is 0 Å². The number of thiophene rings is 1. The van der Waals surface area contributed by atoms with E-state index in [2.05, 4.69) is 80.5 Å². The van der Waals surface area contributed by atoms with Gasteiger partial charge < -0.3 is 0 Å². The molecule has 0 atom stereocenters. The van der Waals surface area contributed by atoms with Crippen molar-refractivity contribution >= 4 is 23.9 Å². The third-order valence-corrected chi connectivity index (χ3v) is 13.0. The molecular weight excluding hydrogens is 364 g/mol. The first-order valence-corrected chi connectivity index (χ1v) is 10.1. The molecule has 128 valence electrons. The van der Waals surface area contributed by atoms with Crippen LogP contribution in [0.4, 0.5) is 0 Å². The van der Waals surface area contributed by atoms with Gasteiger partial charge in [0.05, 0.1) is 0 Å². The predicted octanol–water partition coefficient (Wildman–Crippen LogP) is 4.83. The molecule has 0 aliphatic rings. The first-order valence-electron chi connectivity index (χ1n) is 7.01. The minimum atomic E-state index is -1.36. The Balaban J connectivity index is -0.000000231. The Morgan fingerprint density at radius 2 is 1.09 bits per heavy atom. The van der Waals surface area contributed by atoms with Crippen molar-refractivity contribution in [2.45, 2.75) is 65.1 Å². The van der Waals surface area contributed by atoms with E-state index in [0.29, 0.717) is 0 Å². The molecule has 0 fully saturated rings. The van der Waals surface area contributed by atoms with Crippen molar-refractivity contribution in [3.8, 4) is 0 Å². The van der Waals surface area contributed by atoms with Crippen LogP contribution in [-0.4, -0.2) is 8.07 Å². The Bertz CT molecular complexity index is 426. The molecule has 0 aliphatic carbocycles. The normalized spacial score (nSPS) is 9.39. The van der Waals surface area contributed by atoms with E-state index < -0.39 is 8.07 Å². The summed E-state index contributed by atoms with van der Waals surface area (Å²) in [5, 5.41) is 0. The van der Waals surface area contributed by atoms with Gasteiger partial charge in [0, 0.05) is 22.2 Å². The van der Waals surface area contributed by atoms with Crippen LogP contribution < -0.4 is 4.50 Å². The van der Waals surface area contributed by atoms with Crippen LogP contribution in [0.1, 0.15) is 46.4 Å². The van der Waals surface area contributed by atoms with Gasteiger partial charge in [-0.15, -0.1) is 0 Å². The molecule has 1 heterocycles. The first-order chi connectivity index (χ1) is 10.3. The average molecular weight is 391 g/mol. The van der Waals surface area contributed by atoms with Gasteiger partial charge in [0.25, 0.3) is 0 Å². The minimum Gasteiger partial charge on any atom is 0 e. The quantitative estimate of drug-likeness (QED) is 0.402. The molecule has 3 nitrogen and oxygen atoms in total. The molecule has 0 spiro atoms. The van der Waals surface area contributed by atoms with Gasteiger partial charge in [0.2, 0.25) is 0 Å². The van der Waals surface area contributed by atoms with Gasteiger partial charge in [0.1, 0.15) is 8.07 Å². The minimum absolute atomic E-state index is 0. The summed E-state index contributed by atoms with van der Waals surface area (Å²) in [6.45, 7) is 30.3. The molecule has 6 heteroatoms. The van der Waals surface area contributed by atoms with Crippen LogP contribution in [0.5, 0.6) is 0 Å². The van der Waals surface area contributed by atoms with E-state index in [1.54, 1.807) is 4.50 Å². The zero-order chi connectivity index (χ0) is 18.5. The molecule has 0 aliphatic heterocycles. The number of aryl methyl sites for hydroxylation is 1. The molecule has 0 N–H and O–H groups in total. The van der Waals surface area contributed by atoms with E-state index in [4.69, 9.17) is 14.0 Å². The summed E-state index contributed by atoms with van der Waals surface area (Å²) in [6, 6.07) is 4.71. The summed E-state index contributed by atoms with van der Waals surface area (Å²) in [4.78, 5) is 1.47. The van der Waals surface area contributed by atoms with Gasteiger partial charge in [-0.25, -0.2) is 0 Å². The van der Waals surface area contributed by atoms with Gasteiger partial charge in [-0.2, -0.15) is 11.3 Å². The van der Waals surface area contributed by atoms with Crippen LogP contribution in [0.2, 0.25) is 16.6 Å². The van der Waals surface area contributed by atoms with Crippen LogP contribution in [0.25, 0.3) is 0 Å². The van der Waals surface area contributed by atoms with Crippen molar-refractivity contribution in [2.24, 2.45) is 0 Å². The van der Waals surface area contributed by atoms with E-state index in [1.165, 1.54) is 4.88 Å². The second-order valence-electron chi connectivity index (χ2n) is 5.81. The van der Waals surface area contributed by atoms with E-state index in [1.807, 2.05) is 11.3 Å². The van der Waals surface area contributed by atoms with Crippen molar-refractivity contribution in [1.29, 1.82) is 0 Å². The molecule has 1 aromatic rings. The molecule has 0 bridgehead atoms. The van der Waals surface area contributed by atoms with E-state index in [0.717, 1.165) is 16.6 Å². The Kier molecular flexibility index (Phi) is 21.9. The molecule has 0 saturated carbocycles. The summed E-state index contributed by atoms with van der Waals surface area (Å²) in [6.07, 6.45) is 0. The standard InChI is InChI=1S/C14H26SSi.3CO.Cr/c1-10(2)16(11(3)4,12(5)6)14-9-8-13(7)15-14;3*1-2;/h8-12H,1-7H3;;;;. The fraction of sp³-hybridized carbons (Fsp3) is 0.588. The van der Waals surface area contributed by atoms with E-state index in [-0.39, 0.29) is 17.4 Å². The average Bonchev–Trinajstić information content (AvgIpc) is 2.91. The molecule has 0 unspecified atom stereocenters. The molecule has 1 aromatic heterocycles. The Labute approximate surface area is 157 Å². The van der Waals surface area contributed by atoms with Crippen LogP contribution in [0.15, 0.2) is 12.1 Å². The van der Waals surface area contributed by atoms with Crippen molar-refractivity contribution < 1.29 is 31.3 Å². The molecule has 1 rings (SSSR count). The van der Waals surface area contributed by atoms with Crippen molar-refractivity contribution in [3.05, 3.63) is 37.0 Å². The summed E-state index contributed by atoms with van der Waals surface area (Å²) in [7, 11) is -1.36. The predicted molar refractivity (Wildman–Crippen MR) is 91.5 cm³/mol. The van der Waals surface area contributed by atoms with Crippen molar-refractivity contribution in [2.75, 3.05) is 0 Å². The van der Waals surface area contributed by atoms with Gasteiger partial charge in [0.15, 0.2) is 0 Å². The zero-order valence-electron chi connectivity index (χ0n) is 14.9. The fourth-order valence-electron chi connectivity index (χ4n) is 3.52. The Morgan fingerprint density at radius 3 is 1.26 bits per heavy atom. The van der Waals surface area contributed by atoms with Crippen LogP contribution in [0.3, 0.4) is 0 Å². The zero-order valence-corrected chi connectivity index (χ0v) is 18.0. The van der Waals surface area contributed by atoms with Crippen molar-refractivity contribution in [3.63, 3.8) is 0 Å². The largest absolute Gasteiger partial charge is 0 e. The molecule has 0 saturated heterocycles. The van der Waals surface area contributed by atoms with Gasteiger partial charge in [-0.1, -0.05) is 47.6 Å². The number of hydrogen-bond donors (Lipinski definition) is 0. The van der Waals surface area contributed by atoms with Gasteiger partial charge in [-0.05, 0) is 34.1 Å². The van der Waals surface area contributed by atoms with Crippen molar-refractivity contribution in [1.82, 2.24) is 0 Å². The monoisotopic (exact) mass is 390 g/mol. The Morgan fingerprint density at radius 1 is 0.783 bits per heavy atom. The number of hydrogen-bond acceptors (Lipinski definition) is 1. The fourth-order valence-corrected chi connectivity index (χ4v) is 13.5. The van der Waals surface area contributed by atoms with Gasteiger partial charge >= 0.3 is 33.9 Å². The van der Waals surface area contributed by atoms with Crippen LogP contribution in [-0.2, 0) is 31.3 Å². The maximum atomic E-state index is 7.50. The third-order valence-electron chi connectivity index (χ3n) is 4.03. The summed E-state index contributed by atoms with van der Waals surface area (Å²) >= 11 is 2.04. The van der Waals surface area contributed by atoms with E-state index >= 15 is 0 Å². The summed E-state index contributed by atoms with van der Waals surface area (Å²) in [5.74, 6) is 0. The smallest absolute Gasteiger partial charge is 0 e. The Hall–Kier alpha value is -0.331. The topological polar surface area (TPSA) is 59.7 Å². The molecule has 0 radical (unpaired) electrons. The molecule has 0 aromatic carbocycles. The molecule has 0 amide bonds. The van der Waals surface area contributed by atoms with Crippen LogP contribution >= 0.6 is 11.3 Å². The third kappa shape index (κ3) is 7.85. The second kappa shape index (κ2) is 16.5. The SMILES string of the molecule is Cc1ccc([Si](C(C)C)(C(C)C)C(C)C)s1.[C-]#[O+].[C-]#[O+].[C-]#[O+].[Cr]. The van der Waals surface area contributed by atoms with E-state index in [9.17, 15) is 0 Å². The maximum absolute atomic E-state index is 7.50. The second-order valence-corrected chi connectivity index (χ2v) is 13.3. The molecular formula is C17H26CrO3SSi. The summed E-state index contributed by atoms with van der Waals surface area (Å²) in [5.41, 5.74) is 2.47. The van der Waals surface area contributed by atoms with Crippen LogP contribution in [0, 0.1) is 26.9 Å².